The van der Waals surface area contributed by atoms with Crippen LogP contribution in [0.2, 0.25) is 0 Å². The second-order valence-electron chi connectivity index (χ2n) is 6.45. The molecule has 0 atom stereocenters. The number of rotatable bonds is 5. The molecule has 1 aliphatic rings. The van der Waals surface area contributed by atoms with Gasteiger partial charge in [-0.15, -0.1) is 0 Å². The highest BCUT2D eigenvalue weighted by Crippen LogP contribution is 2.15. The van der Waals surface area contributed by atoms with Crippen LogP contribution >= 0.6 is 0 Å². The maximum absolute atomic E-state index is 2.61. The molecule has 0 aliphatic carbocycles. The Hall–Kier alpha value is -1.32. The van der Waals surface area contributed by atoms with E-state index in [0.29, 0.717) is 6.04 Å². The molecule has 0 unspecified atom stereocenters. The van der Waals surface area contributed by atoms with Gasteiger partial charge >= 0.3 is 0 Å². The van der Waals surface area contributed by atoms with Gasteiger partial charge in [-0.3, -0.25) is 4.90 Å². The summed E-state index contributed by atoms with van der Waals surface area (Å²) in [5.41, 5.74) is 0. The smallest absolute Gasteiger partial charge is 0.0232 e. The molecular formula is C18H27N3. The number of hydrogen-bond donors (Lipinski definition) is 0. The van der Waals surface area contributed by atoms with Crippen LogP contribution in [-0.4, -0.2) is 53.1 Å². The molecule has 1 aromatic carbocycles. The molecule has 3 rings (SSSR count). The van der Waals surface area contributed by atoms with Crippen LogP contribution in [-0.2, 0) is 6.54 Å². The number of hydrogen-bond acceptors (Lipinski definition) is 2. The molecule has 1 fully saturated rings. The second kappa shape index (κ2) is 6.63. The van der Waals surface area contributed by atoms with Crippen molar-refractivity contribution in [3.63, 3.8) is 0 Å². The molecule has 0 saturated carbocycles. The van der Waals surface area contributed by atoms with E-state index in [1.807, 2.05) is 0 Å². The Morgan fingerprint density at radius 2 is 1.52 bits per heavy atom. The summed E-state index contributed by atoms with van der Waals surface area (Å²) in [4.78, 5) is 5.19. The summed E-state index contributed by atoms with van der Waals surface area (Å²) in [5, 5.41) is 2.70. The predicted octanol–water partition coefficient (Wildman–Crippen LogP) is 3.06. The zero-order chi connectivity index (χ0) is 14.7. The van der Waals surface area contributed by atoms with Crippen LogP contribution in [0.3, 0.4) is 0 Å². The molecule has 0 bridgehead atoms. The van der Waals surface area contributed by atoms with Gasteiger partial charge in [0, 0.05) is 51.2 Å². The zero-order valence-electron chi connectivity index (χ0n) is 13.3. The van der Waals surface area contributed by atoms with E-state index < -0.39 is 0 Å². The SMILES string of the molecule is CC(C)N1CCN(CCCn2cc3ccccc3c2)CC1. The molecule has 3 heteroatoms. The van der Waals surface area contributed by atoms with Crippen molar-refractivity contribution >= 4 is 10.8 Å². The van der Waals surface area contributed by atoms with Crippen molar-refractivity contribution in [3.8, 4) is 0 Å². The summed E-state index contributed by atoms with van der Waals surface area (Å²) in [7, 11) is 0. The Bertz CT molecular complexity index is 532. The van der Waals surface area contributed by atoms with Crippen LogP contribution in [0.1, 0.15) is 20.3 Å². The highest BCUT2D eigenvalue weighted by atomic mass is 15.3. The van der Waals surface area contributed by atoms with Crippen molar-refractivity contribution in [1.82, 2.24) is 14.4 Å². The highest BCUT2D eigenvalue weighted by Gasteiger charge is 2.17. The van der Waals surface area contributed by atoms with E-state index in [4.69, 9.17) is 0 Å². The fourth-order valence-corrected chi connectivity index (χ4v) is 3.25. The monoisotopic (exact) mass is 285 g/mol. The van der Waals surface area contributed by atoms with Gasteiger partial charge < -0.3 is 9.47 Å². The summed E-state index contributed by atoms with van der Waals surface area (Å²) >= 11 is 0. The van der Waals surface area contributed by atoms with Crippen molar-refractivity contribution in [1.29, 1.82) is 0 Å². The third kappa shape index (κ3) is 3.66. The van der Waals surface area contributed by atoms with Crippen LogP contribution in [0.25, 0.3) is 10.8 Å². The van der Waals surface area contributed by atoms with Gasteiger partial charge in [0.05, 0.1) is 0 Å². The Balaban J connectivity index is 1.44. The third-order valence-corrected chi connectivity index (χ3v) is 4.63. The molecule has 21 heavy (non-hydrogen) atoms. The molecule has 1 aromatic heterocycles. The molecule has 2 heterocycles. The van der Waals surface area contributed by atoms with Crippen molar-refractivity contribution in [2.24, 2.45) is 0 Å². The summed E-state index contributed by atoms with van der Waals surface area (Å²) in [5.74, 6) is 0. The molecule has 1 saturated heterocycles. The summed E-state index contributed by atoms with van der Waals surface area (Å²) < 4.78 is 2.34. The fourth-order valence-electron chi connectivity index (χ4n) is 3.25. The molecule has 0 spiro atoms. The van der Waals surface area contributed by atoms with Crippen LogP contribution in [0, 0.1) is 0 Å². The predicted molar refractivity (Wildman–Crippen MR) is 89.7 cm³/mol. The second-order valence-corrected chi connectivity index (χ2v) is 6.45. The largest absolute Gasteiger partial charge is 0.353 e. The van der Waals surface area contributed by atoms with Gasteiger partial charge in [-0.2, -0.15) is 0 Å². The van der Waals surface area contributed by atoms with E-state index in [-0.39, 0.29) is 0 Å². The quantitative estimate of drug-likeness (QED) is 0.836. The van der Waals surface area contributed by atoms with Gasteiger partial charge in [-0.05, 0) is 37.6 Å². The first-order valence-corrected chi connectivity index (χ1v) is 8.23. The van der Waals surface area contributed by atoms with Gasteiger partial charge in [0.15, 0.2) is 0 Å². The molecule has 0 amide bonds. The minimum Gasteiger partial charge on any atom is -0.353 e. The Labute approximate surface area is 128 Å². The molecular weight excluding hydrogens is 258 g/mol. The normalized spacial score (nSPS) is 17.9. The van der Waals surface area contributed by atoms with Crippen LogP contribution in [0.15, 0.2) is 36.7 Å². The first kappa shape index (κ1) is 14.6. The third-order valence-electron chi connectivity index (χ3n) is 4.63. The van der Waals surface area contributed by atoms with Crippen molar-refractivity contribution in [2.75, 3.05) is 32.7 Å². The molecule has 3 nitrogen and oxygen atoms in total. The lowest BCUT2D eigenvalue weighted by Crippen LogP contribution is -2.49. The molecule has 0 radical (unpaired) electrons. The lowest BCUT2D eigenvalue weighted by molar-refractivity contribution is 0.107. The van der Waals surface area contributed by atoms with Crippen molar-refractivity contribution < 1.29 is 0 Å². The lowest BCUT2D eigenvalue weighted by atomic mass is 10.2. The van der Waals surface area contributed by atoms with Gasteiger partial charge in [0.25, 0.3) is 0 Å². The van der Waals surface area contributed by atoms with Crippen molar-refractivity contribution in [2.45, 2.75) is 32.9 Å². The number of piperazine rings is 1. The van der Waals surface area contributed by atoms with Gasteiger partial charge in [-0.1, -0.05) is 24.3 Å². The van der Waals surface area contributed by atoms with Crippen LogP contribution in [0.5, 0.6) is 0 Å². The molecule has 0 N–H and O–H groups in total. The van der Waals surface area contributed by atoms with Gasteiger partial charge in [0.1, 0.15) is 0 Å². The average molecular weight is 285 g/mol. The Morgan fingerprint density at radius 3 is 2.10 bits per heavy atom. The van der Waals surface area contributed by atoms with E-state index in [1.54, 1.807) is 0 Å². The zero-order valence-corrected chi connectivity index (χ0v) is 13.3. The molecule has 2 aromatic rings. The highest BCUT2D eigenvalue weighted by molar-refractivity contribution is 5.81. The average Bonchev–Trinajstić information content (AvgIpc) is 2.90. The topological polar surface area (TPSA) is 11.4 Å². The lowest BCUT2D eigenvalue weighted by Gasteiger charge is -2.36. The Morgan fingerprint density at radius 1 is 0.905 bits per heavy atom. The summed E-state index contributed by atoms with van der Waals surface area (Å²) in [6, 6.07) is 9.30. The van der Waals surface area contributed by atoms with Gasteiger partial charge in [0.2, 0.25) is 0 Å². The maximum atomic E-state index is 2.61. The first-order chi connectivity index (χ1) is 10.2. The Kier molecular flexibility index (Phi) is 4.61. The van der Waals surface area contributed by atoms with Crippen LogP contribution < -0.4 is 0 Å². The van der Waals surface area contributed by atoms with Crippen molar-refractivity contribution in [3.05, 3.63) is 36.7 Å². The number of fused-ring (bicyclic) bond motifs is 1. The number of benzene rings is 1. The number of aryl methyl sites for hydroxylation is 1. The number of aromatic nitrogens is 1. The van der Waals surface area contributed by atoms with E-state index in [0.717, 1.165) is 6.54 Å². The first-order valence-electron chi connectivity index (χ1n) is 8.23. The van der Waals surface area contributed by atoms with E-state index in [1.165, 1.54) is 49.9 Å². The van der Waals surface area contributed by atoms with E-state index >= 15 is 0 Å². The summed E-state index contributed by atoms with van der Waals surface area (Å²) in [6.07, 6.45) is 5.78. The van der Waals surface area contributed by atoms with Gasteiger partial charge in [-0.25, -0.2) is 0 Å². The standard InChI is InChI=1S/C18H27N3/c1-16(2)21-12-10-19(11-13-21)8-5-9-20-14-17-6-3-4-7-18(17)15-20/h3-4,6-7,14-16H,5,8-13H2,1-2H3. The maximum Gasteiger partial charge on any atom is 0.0232 e. The van der Waals surface area contributed by atoms with E-state index in [9.17, 15) is 0 Å². The molecule has 1 aliphatic heterocycles. The van der Waals surface area contributed by atoms with E-state index in [2.05, 4.69) is 64.9 Å². The summed E-state index contributed by atoms with van der Waals surface area (Å²) in [6.45, 7) is 11.9. The minimum absolute atomic E-state index is 0.694. The molecule has 114 valence electrons. The number of nitrogens with zero attached hydrogens (tertiary/aromatic N) is 3. The minimum atomic E-state index is 0.694. The fraction of sp³-hybridized carbons (Fsp3) is 0.556. The van der Waals surface area contributed by atoms with Crippen LogP contribution in [0.4, 0.5) is 0 Å².